The van der Waals surface area contributed by atoms with Crippen LogP contribution in [-0.2, 0) is 29.0 Å². The van der Waals surface area contributed by atoms with Gasteiger partial charge in [0.2, 0.25) is 11.8 Å². The summed E-state index contributed by atoms with van der Waals surface area (Å²) >= 11 is 0. The molecule has 0 saturated carbocycles. The van der Waals surface area contributed by atoms with Crippen molar-refractivity contribution in [1.82, 2.24) is 10.2 Å². The number of benzene rings is 3. The van der Waals surface area contributed by atoms with E-state index in [1.54, 1.807) is 12.0 Å². The minimum Gasteiger partial charge on any atom is -0.497 e. The van der Waals surface area contributed by atoms with Crippen LogP contribution in [0.2, 0.25) is 0 Å². The van der Waals surface area contributed by atoms with Crippen molar-refractivity contribution in [3.05, 3.63) is 101 Å². The fourth-order valence-electron chi connectivity index (χ4n) is 4.00. The molecule has 3 aromatic rings. The Kier molecular flexibility index (Phi) is 8.86. The van der Waals surface area contributed by atoms with Crippen molar-refractivity contribution in [2.45, 2.75) is 52.2 Å². The van der Waals surface area contributed by atoms with Crippen molar-refractivity contribution in [2.24, 2.45) is 0 Å². The molecule has 5 nitrogen and oxygen atoms in total. The van der Waals surface area contributed by atoms with E-state index in [9.17, 15) is 9.59 Å². The van der Waals surface area contributed by atoms with E-state index in [1.165, 1.54) is 0 Å². The van der Waals surface area contributed by atoms with Gasteiger partial charge in [-0.1, -0.05) is 72.3 Å². The Balaban J connectivity index is 1.98. The molecule has 0 aliphatic heterocycles. The van der Waals surface area contributed by atoms with Crippen molar-refractivity contribution in [3.63, 3.8) is 0 Å². The zero-order chi connectivity index (χ0) is 24.5. The summed E-state index contributed by atoms with van der Waals surface area (Å²) in [7, 11) is 1.62. The van der Waals surface area contributed by atoms with Gasteiger partial charge >= 0.3 is 0 Å². The Morgan fingerprint density at radius 2 is 1.56 bits per heavy atom. The molecule has 1 N–H and O–H groups in total. The van der Waals surface area contributed by atoms with E-state index in [4.69, 9.17) is 4.74 Å². The summed E-state index contributed by atoms with van der Waals surface area (Å²) < 4.78 is 5.38. The molecule has 0 aliphatic carbocycles. The zero-order valence-corrected chi connectivity index (χ0v) is 20.5. The summed E-state index contributed by atoms with van der Waals surface area (Å²) in [5.74, 6) is 0.474. The lowest BCUT2D eigenvalue weighted by molar-refractivity contribution is -0.141. The number of hydrogen-bond donors (Lipinski definition) is 1. The van der Waals surface area contributed by atoms with E-state index < -0.39 is 6.04 Å². The van der Waals surface area contributed by atoms with Crippen molar-refractivity contribution >= 4 is 11.8 Å². The monoisotopic (exact) mass is 458 g/mol. The molecular formula is C29H34N2O3. The van der Waals surface area contributed by atoms with Gasteiger partial charge in [0.1, 0.15) is 11.8 Å². The van der Waals surface area contributed by atoms with E-state index in [0.29, 0.717) is 13.0 Å². The standard InChI is InChI=1S/C29H34N2O3/c1-21(2)30-29(33)27(18-23-11-6-5-7-12-23)31(20-25-14-9-15-26(17-25)34-4)28(32)19-24-13-8-10-22(3)16-24/h5-17,21,27H,18-20H2,1-4H3,(H,30,33). The molecule has 178 valence electrons. The van der Waals surface area contributed by atoms with Gasteiger partial charge in [0.25, 0.3) is 0 Å². The molecule has 0 heterocycles. The molecular weight excluding hydrogens is 424 g/mol. The maximum Gasteiger partial charge on any atom is 0.243 e. The number of carbonyl (C=O) groups is 2. The van der Waals surface area contributed by atoms with Gasteiger partial charge in [-0.3, -0.25) is 9.59 Å². The molecule has 1 unspecified atom stereocenters. The number of rotatable bonds is 10. The Labute approximate surface area is 202 Å². The largest absolute Gasteiger partial charge is 0.497 e. The van der Waals surface area contributed by atoms with Gasteiger partial charge in [-0.15, -0.1) is 0 Å². The summed E-state index contributed by atoms with van der Waals surface area (Å²) in [4.78, 5) is 28.8. The van der Waals surface area contributed by atoms with Crippen LogP contribution in [0.15, 0.2) is 78.9 Å². The number of nitrogens with one attached hydrogen (secondary N) is 1. The number of nitrogens with zero attached hydrogens (tertiary/aromatic N) is 1. The van der Waals surface area contributed by atoms with Gasteiger partial charge in [-0.25, -0.2) is 0 Å². The highest BCUT2D eigenvalue weighted by Gasteiger charge is 2.30. The van der Waals surface area contributed by atoms with Crippen LogP contribution in [0.4, 0.5) is 0 Å². The lowest BCUT2D eigenvalue weighted by Crippen LogP contribution is -2.52. The van der Waals surface area contributed by atoms with E-state index in [0.717, 1.165) is 28.0 Å². The normalized spacial score (nSPS) is 11.7. The summed E-state index contributed by atoms with van der Waals surface area (Å²) in [6.45, 7) is 6.18. The number of aryl methyl sites for hydroxylation is 1. The zero-order valence-electron chi connectivity index (χ0n) is 20.5. The van der Waals surface area contributed by atoms with Crippen molar-refractivity contribution < 1.29 is 14.3 Å². The molecule has 0 aliphatic rings. The van der Waals surface area contributed by atoms with Crippen LogP contribution in [0.5, 0.6) is 5.75 Å². The number of amides is 2. The van der Waals surface area contributed by atoms with Crippen molar-refractivity contribution in [2.75, 3.05) is 7.11 Å². The third-order valence-corrected chi connectivity index (χ3v) is 5.63. The third-order valence-electron chi connectivity index (χ3n) is 5.63. The fraction of sp³-hybridized carbons (Fsp3) is 0.310. The van der Waals surface area contributed by atoms with Crippen LogP contribution in [-0.4, -0.2) is 35.9 Å². The second-order valence-corrected chi connectivity index (χ2v) is 8.91. The minimum absolute atomic E-state index is 0.0312. The highest BCUT2D eigenvalue weighted by atomic mass is 16.5. The van der Waals surface area contributed by atoms with Crippen molar-refractivity contribution in [3.8, 4) is 5.75 Å². The van der Waals surface area contributed by atoms with E-state index in [1.807, 2.05) is 99.6 Å². The number of ether oxygens (including phenoxy) is 1. The molecule has 0 radical (unpaired) electrons. The van der Waals surface area contributed by atoms with Gasteiger partial charge in [-0.05, 0) is 49.6 Å². The first kappa shape index (κ1) is 25.0. The smallest absolute Gasteiger partial charge is 0.243 e. The quantitative estimate of drug-likeness (QED) is 0.479. The maximum absolute atomic E-state index is 13.7. The lowest BCUT2D eigenvalue weighted by Gasteiger charge is -2.32. The SMILES string of the molecule is COc1cccc(CN(C(=O)Cc2cccc(C)c2)C(Cc2ccccc2)C(=O)NC(C)C)c1. The minimum atomic E-state index is -0.645. The predicted molar refractivity (Wildman–Crippen MR) is 136 cm³/mol. The van der Waals surface area contributed by atoms with Gasteiger partial charge in [0.15, 0.2) is 0 Å². The van der Waals surface area contributed by atoms with Gasteiger partial charge in [0, 0.05) is 19.0 Å². The molecule has 0 aromatic heterocycles. The number of hydrogen-bond acceptors (Lipinski definition) is 3. The second-order valence-electron chi connectivity index (χ2n) is 8.91. The molecule has 3 rings (SSSR count). The first-order valence-electron chi connectivity index (χ1n) is 11.7. The molecule has 0 bridgehead atoms. The fourth-order valence-corrected chi connectivity index (χ4v) is 4.00. The van der Waals surface area contributed by atoms with Crippen LogP contribution in [0, 0.1) is 6.92 Å². The number of carbonyl (C=O) groups excluding carboxylic acids is 2. The highest BCUT2D eigenvalue weighted by molar-refractivity contribution is 5.89. The first-order chi connectivity index (χ1) is 16.4. The van der Waals surface area contributed by atoms with Crippen LogP contribution >= 0.6 is 0 Å². The van der Waals surface area contributed by atoms with Crippen LogP contribution in [0.25, 0.3) is 0 Å². The van der Waals surface area contributed by atoms with Crippen LogP contribution < -0.4 is 10.1 Å². The Bertz CT molecular complexity index is 1100. The van der Waals surface area contributed by atoms with E-state index in [-0.39, 0.29) is 24.3 Å². The average molecular weight is 459 g/mol. The van der Waals surface area contributed by atoms with Crippen LogP contribution in [0.1, 0.15) is 36.1 Å². The Hall–Kier alpha value is -3.60. The Morgan fingerprint density at radius 3 is 2.24 bits per heavy atom. The molecule has 2 amide bonds. The Morgan fingerprint density at radius 1 is 0.882 bits per heavy atom. The molecule has 3 aromatic carbocycles. The third kappa shape index (κ3) is 7.20. The van der Waals surface area contributed by atoms with E-state index >= 15 is 0 Å². The molecule has 1 atom stereocenters. The van der Waals surface area contributed by atoms with Gasteiger partial charge in [-0.2, -0.15) is 0 Å². The molecule has 0 spiro atoms. The predicted octanol–water partition coefficient (Wildman–Crippen LogP) is 4.71. The first-order valence-corrected chi connectivity index (χ1v) is 11.7. The molecule has 5 heteroatoms. The summed E-state index contributed by atoms with van der Waals surface area (Å²) in [6.07, 6.45) is 0.662. The highest BCUT2D eigenvalue weighted by Crippen LogP contribution is 2.20. The van der Waals surface area contributed by atoms with E-state index in [2.05, 4.69) is 5.32 Å². The maximum atomic E-state index is 13.7. The summed E-state index contributed by atoms with van der Waals surface area (Å²) in [5, 5.41) is 3.02. The lowest BCUT2D eigenvalue weighted by atomic mass is 10.0. The molecule has 0 fully saturated rings. The van der Waals surface area contributed by atoms with Crippen molar-refractivity contribution in [1.29, 1.82) is 0 Å². The van der Waals surface area contributed by atoms with Crippen LogP contribution in [0.3, 0.4) is 0 Å². The average Bonchev–Trinajstić information content (AvgIpc) is 2.81. The second kappa shape index (κ2) is 12.0. The topological polar surface area (TPSA) is 58.6 Å². The van der Waals surface area contributed by atoms with Gasteiger partial charge < -0.3 is 15.0 Å². The molecule has 0 saturated heterocycles. The summed E-state index contributed by atoms with van der Waals surface area (Å²) in [6, 6.07) is 24.7. The summed E-state index contributed by atoms with van der Waals surface area (Å²) in [5.41, 5.74) is 3.95. The van der Waals surface area contributed by atoms with Gasteiger partial charge in [0.05, 0.1) is 13.5 Å². The molecule has 34 heavy (non-hydrogen) atoms. The number of methoxy groups -OCH3 is 1.